The van der Waals surface area contributed by atoms with Crippen molar-refractivity contribution < 1.29 is 9.13 Å². The average molecular weight is 273 g/mol. The molecule has 1 atom stereocenters. The summed E-state index contributed by atoms with van der Waals surface area (Å²) < 4.78 is 19.5. The van der Waals surface area contributed by atoms with E-state index in [4.69, 9.17) is 16.3 Å². The van der Waals surface area contributed by atoms with Gasteiger partial charge >= 0.3 is 0 Å². The molecule has 2 rings (SSSR count). The highest BCUT2D eigenvalue weighted by Crippen LogP contribution is 2.22. The molecule has 2 heterocycles. The van der Waals surface area contributed by atoms with E-state index in [0.29, 0.717) is 17.3 Å². The SMILES string of the molecule is CN(CC1CCCOC1)c1nccc(CCl)c1F. The van der Waals surface area contributed by atoms with Crippen molar-refractivity contribution >= 4 is 17.4 Å². The smallest absolute Gasteiger partial charge is 0.170 e. The third-order valence-corrected chi connectivity index (χ3v) is 3.53. The van der Waals surface area contributed by atoms with Crippen LogP contribution in [0, 0.1) is 11.7 Å². The van der Waals surface area contributed by atoms with E-state index in [1.54, 1.807) is 12.3 Å². The van der Waals surface area contributed by atoms with Crippen molar-refractivity contribution in [1.82, 2.24) is 4.98 Å². The third-order valence-electron chi connectivity index (χ3n) is 3.24. The van der Waals surface area contributed by atoms with Gasteiger partial charge in [-0.05, 0) is 24.8 Å². The first-order chi connectivity index (χ1) is 8.72. The maximum Gasteiger partial charge on any atom is 0.170 e. The summed E-state index contributed by atoms with van der Waals surface area (Å²) in [6.45, 7) is 2.35. The second-order valence-corrected chi connectivity index (χ2v) is 4.97. The first kappa shape index (κ1) is 13.6. The second kappa shape index (κ2) is 6.34. The standard InChI is InChI=1S/C13H18ClFN2O/c1-17(8-10-3-2-6-18-9-10)13-12(15)11(7-14)4-5-16-13/h4-5,10H,2-3,6-9H2,1H3. The van der Waals surface area contributed by atoms with E-state index in [2.05, 4.69) is 4.98 Å². The lowest BCUT2D eigenvalue weighted by atomic mass is 10.0. The highest BCUT2D eigenvalue weighted by molar-refractivity contribution is 6.17. The quantitative estimate of drug-likeness (QED) is 0.788. The molecular weight excluding hydrogens is 255 g/mol. The Balaban J connectivity index is 2.05. The number of hydrogen-bond donors (Lipinski definition) is 0. The summed E-state index contributed by atoms with van der Waals surface area (Å²) in [6.07, 6.45) is 3.81. The highest BCUT2D eigenvalue weighted by Gasteiger charge is 2.19. The Morgan fingerprint density at radius 2 is 2.44 bits per heavy atom. The van der Waals surface area contributed by atoms with E-state index >= 15 is 0 Å². The monoisotopic (exact) mass is 272 g/mol. The fourth-order valence-electron chi connectivity index (χ4n) is 2.27. The van der Waals surface area contributed by atoms with Gasteiger partial charge in [0.1, 0.15) is 0 Å². The predicted molar refractivity (Wildman–Crippen MR) is 70.6 cm³/mol. The average Bonchev–Trinajstić information content (AvgIpc) is 2.40. The maximum atomic E-state index is 14.1. The molecule has 1 aromatic rings. The van der Waals surface area contributed by atoms with Crippen LogP contribution in [-0.2, 0) is 10.6 Å². The summed E-state index contributed by atoms with van der Waals surface area (Å²) in [5.41, 5.74) is 0.494. The molecule has 5 heteroatoms. The first-order valence-electron chi connectivity index (χ1n) is 6.20. The molecule has 1 aliphatic heterocycles. The molecule has 0 amide bonds. The zero-order valence-electron chi connectivity index (χ0n) is 10.5. The molecule has 1 aromatic heterocycles. The molecule has 18 heavy (non-hydrogen) atoms. The summed E-state index contributed by atoms with van der Waals surface area (Å²) >= 11 is 5.69. The van der Waals surface area contributed by atoms with Crippen molar-refractivity contribution in [2.24, 2.45) is 5.92 Å². The molecule has 0 radical (unpaired) electrons. The predicted octanol–water partition coefficient (Wildman–Crippen LogP) is 2.82. The first-order valence-corrected chi connectivity index (χ1v) is 6.74. The van der Waals surface area contributed by atoms with Crippen molar-refractivity contribution in [3.05, 3.63) is 23.6 Å². The molecule has 0 aromatic carbocycles. The van der Waals surface area contributed by atoms with E-state index in [1.807, 2.05) is 11.9 Å². The molecule has 0 spiro atoms. The molecule has 0 bridgehead atoms. The van der Waals surface area contributed by atoms with Gasteiger partial charge in [-0.3, -0.25) is 0 Å². The zero-order valence-corrected chi connectivity index (χ0v) is 11.3. The van der Waals surface area contributed by atoms with Crippen LogP contribution in [0.4, 0.5) is 10.2 Å². The van der Waals surface area contributed by atoms with Crippen LogP contribution in [0.1, 0.15) is 18.4 Å². The van der Waals surface area contributed by atoms with Crippen LogP contribution in [-0.4, -0.2) is 31.8 Å². The van der Waals surface area contributed by atoms with Crippen LogP contribution in [0.25, 0.3) is 0 Å². The number of anilines is 1. The van der Waals surface area contributed by atoms with Gasteiger partial charge in [-0.2, -0.15) is 0 Å². The molecule has 1 aliphatic rings. The number of rotatable bonds is 4. The van der Waals surface area contributed by atoms with E-state index in [9.17, 15) is 4.39 Å². The van der Waals surface area contributed by atoms with Gasteiger partial charge < -0.3 is 9.64 Å². The lowest BCUT2D eigenvalue weighted by Crippen LogP contribution is -2.32. The minimum Gasteiger partial charge on any atom is -0.381 e. The van der Waals surface area contributed by atoms with Crippen LogP contribution >= 0.6 is 11.6 Å². The Morgan fingerprint density at radius 3 is 3.11 bits per heavy atom. The van der Waals surface area contributed by atoms with Crippen LogP contribution in [0.2, 0.25) is 0 Å². The number of nitrogens with zero attached hydrogens (tertiary/aromatic N) is 2. The largest absolute Gasteiger partial charge is 0.381 e. The highest BCUT2D eigenvalue weighted by atomic mass is 35.5. The molecule has 0 aliphatic carbocycles. The number of pyridine rings is 1. The summed E-state index contributed by atoms with van der Waals surface area (Å²) in [6, 6.07) is 1.61. The van der Waals surface area contributed by atoms with Crippen molar-refractivity contribution in [2.75, 3.05) is 31.7 Å². The number of halogens is 2. The fraction of sp³-hybridized carbons (Fsp3) is 0.615. The second-order valence-electron chi connectivity index (χ2n) is 4.70. The van der Waals surface area contributed by atoms with Gasteiger partial charge in [0, 0.05) is 32.0 Å². The Bertz CT molecular complexity index is 397. The molecule has 3 nitrogen and oxygen atoms in total. The van der Waals surface area contributed by atoms with Crippen LogP contribution in [0.15, 0.2) is 12.3 Å². The summed E-state index contributed by atoms with van der Waals surface area (Å²) in [5, 5.41) is 0. The fourth-order valence-corrected chi connectivity index (χ4v) is 2.47. The normalized spacial score (nSPS) is 19.8. The Kier molecular flexibility index (Phi) is 4.78. The van der Waals surface area contributed by atoms with Crippen LogP contribution < -0.4 is 4.90 Å². The number of aromatic nitrogens is 1. The summed E-state index contributed by atoms with van der Waals surface area (Å²) in [4.78, 5) is 5.96. The van der Waals surface area contributed by atoms with Gasteiger partial charge in [0.2, 0.25) is 0 Å². The molecule has 0 saturated carbocycles. The molecule has 1 saturated heterocycles. The van der Waals surface area contributed by atoms with Crippen molar-refractivity contribution in [1.29, 1.82) is 0 Å². The molecular formula is C13H18ClFN2O. The number of hydrogen-bond acceptors (Lipinski definition) is 3. The van der Waals surface area contributed by atoms with Gasteiger partial charge in [-0.15, -0.1) is 11.6 Å². The van der Waals surface area contributed by atoms with E-state index in [-0.39, 0.29) is 11.7 Å². The van der Waals surface area contributed by atoms with Crippen molar-refractivity contribution in [2.45, 2.75) is 18.7 Å². The van der Waals surface area contributed by atoms with Crippen LogP contribution in [0.5, 0.6) is 0 Å². The van der Waals surface area contributed by atoms with Gasteiger partial charge in [0.15, 0.2) is 11.6 Å². The van der Waals surface area contributed by atoms with E-state index in [0.717, 1.165) is 32.6 Å². The topological polar surface area (TPSA) is 25.4 Å². The van der Waals surface area contributed by atoms with Gasteiger partial charge in [0.25, 0.3) is 0 Å². The lowest BCUT2D eigenvalue weighted by Gasteiger charge is -2.28. The van der Waals surface area contributed by atoms with Crippen LogP contribution in [0.3, 0.4) is 0 Å². The minimum absolute atomic E-state index is 0.168. The number of ether oxygens (including phenoxy) is 1. The van der Waals surface area contributed by atoms with E-state index in [1.165, 1.54) is 0 Å². The van der Waals surface area contributed by atoms with Gasteiger partial charge in [-0.25, -0.2) is 9.37 Å². The Labute approximate surface area is 112 Å². The van der Waals surface area contributed by atoms with Gasteiger partial charge in [-0.1, -0.05) is 0 Å². The number of alkyl halides is 1. The van der Waals surface area contributed by atoms with E-state index < -0.39 is 0 Å². The third kappa shape index (κ3) is 3.12. The summed E-state index contributed by atoms with van der Waals surface area (Å²) in [5.74, 6) is 0.678. The Hall–Kier alpha value is -0.870. The maximum absolute atomic E-state index is 14.1. The zero-order chi connectivity index (χ0) is 13.0. The van der Waals surface area contributed by atoms with Crippen molar-refractivity contribution in [3.8, 4) is 0 Å². The molecule has 0 N–H and O–H groups in total. The summed E-state index contributed by atoms with van der Waals surface area (Å²) in [7, 11) is 1.86. The molecule has 1 unspecified atom stereocenters. The van der Waals surface area contributed by atoms with Crippen molar-refractivity contribution in [3.63, 3.8) is 0 Å². The minimum atomic E-state index is -0.313. The van der Waals surface area contributed by atoms with Gasteiger partial charge in [0.05, 0.1) is 12.5 Å². The Morgan fingerprint density at radius 1 is 1.61 bits per heavy atom. The lowest BCUT2D eigenvalue weighted by molar-refractivity contribution is 0.0575. The molecule has 100 valence electrons. The molecule has 1 fully saturated rings.